The van der Waals surface area contributed by atoms with E-state index in [1.54, 1.807) is 36.1 Å². The van der Waals surface area contributed by atoms with Crippen LogP contribution in [0.5, 0.6) is 0 Å². The first-order valence-corrected chi connectivity index (χ1v) is 10.0. The molecule has 0 aliphatic carbocycles. The second-order valence-corrected chi connectivity index (χ2v) is 7.71. The molecule has 0 radical (unpaired) electrons. The molecule has 26 heavy (non-hydrogen) atoms. The van der Waals surface area contributed by atoms with Crippen LogP contribution in [0.4, 0.5) is 4.79 Å². The number of benzene rings is 1. The number of alkyl halides is 1. The number of amides is 3. The Hall–Kier alpha value is -1.68. The van der Waals surface area contributed by atoms with E-state index >= 15 is 0 Å². The van der Waals surface area contributed by atoms with E-state index in [2.05, 4.69) is 27.5 Å². The van der Waals surface area contributed by atoms with Gasteiger partial charge in [-0.05, 0) is 25.5 Å². The highest BCUT2D eigenvalue weighted by Crippen LogP contribution is 2.23. The van der Waals surface area contributed by atoms with E-state index in [9.17, 15) is 14.4 Å². The van der Waals surface area contributed by atoms with Crippen molar-refractivity contribution in [2.75, 3.05) is 39.3 Å². The van der Waals surface area contributed by atoms with E-state index in [4.69, 9.17) is 4.74 Å². The fraction of sp³-hybridized carbons (Fsp3) is 0.500. The van der Waals surface area contributed by atoms with Crippen molar-refractivity contribution in [3.8, 4) is 0 Å². The Balaban J connectivity index is 1.48. The van der Waals surface area contributed by atoms with Crippen LogP contribution in [0.25, 0.3) is 0 Å². The predicted octanol–water partition coefficient (Wildman–Crippen LogP) is 2.21. The van der Waals surface area contributed by atoms with Crippen LogP contribution in [-0.2, 0) is 4.74 Å². The largest absolute Gasteiger partial charge is 0.450 e. The Kier molecular flexibility index (Phi) is 6.13. The second kappa shape index (κ2) is 8.34. The van der Waals surface area contributed by atoms with Gasteiger partial charge in [0.05, 0.1) is 21.8 Å². The van der Waals surface area contributed by atoms with E-state index in [1.165, 1.54) is 4.90 Å². The van der Waals surface area contributed by atoms with Crippen LogP contribution >= 0.6 is 22.6 Å². The lowest BCUT2D eigenvalue weighted by atomic mass is 10.1. The molecule has 3 rings (SSSR count). The zero-order valence-corrected chi connectivity index (χ0v) is 16.8. The molecule has 140 valence electrons. The molecule has 0 spiro atoms. The van der Waals surface area contributed by atoms with Gasteiger partial charge in [0.25, 0.3) is 11.8 Å². The number of fused-ring (bicyclic) bond motifs is 1. The third-order valence-corrected chi connectivity index (χ3v) is 5.84. The van der Waals surface area contributed by atoms with Crippen molar-refractivity contribution in [1.82, 2.24) is 14.7 Å². The average molecular weight is 471 g/mol. The zero-order valence-electron chi connectivity index (χ0n) is 14.7. The number of carbonyl (C=O) groups excluding carboxylic acids is 3. The zero-order chi connectivity index (χ0) is 18.7. The van der Waals surface area contributed by atoms with Crippen molar-refractivity contribution < 1.29 is 19.1 Å². The van der Waals surface area contributed by atoms with Crippen LogP contribution in [0, 0.1) is 0 Å². The Bertz CT molecular complexity index is 676. The standard InChI is InChI=1S/C18H22IN3O4/c1-2-26-18(25)21-11-10-20(15(19)12-21)8-5-9-22-16(23)13-6-3-4-7-14(13)17(22)24/h3-4,6-7,15H,2,5,8-12H2,1H3. The molecular formula is C18H22IN3O4. The molecule has 2 aliphatic rings. The van der Waals surface area contributed by atoms with Gasteiger partial charge in [-0.3, -0.25) is 19.4 Å². The number of nitrogens with zero attached hydrogens (tertiary/aromatic N) is 3. The maximum Gasteiger partial charge on any atom is 0.409 e. The molecule has 3 amide bonds. The van der Waals surface area contributed by atoms with Gasteiger partial charge in [-0.1, -0.05) is 34.7 Å². The Morgan fingerprint density at radius 1 is 1.15 bits per heavy atom. The van der Waals surface area contributed by atoms with Crippen molar-refractivity contribution in [2.45, 2.75) is 17.4 Å². The van der Waals surface area contributed by atoms with Gasteiger partial charge in [-0.2, -0.15) is 0 Å². The summed E-state index contributed by atoms with van der Waals surface area (Å²) in [6.07, 6.45) is 0.449. The van der Waals surface area contributed by atoms with Gasteiger partial charge >= 0.3 is 6.09 Å². The minimum atomic E-state index is -0.264. The first-order chi connectivity index (χ1) is 12.5. The molecule has 1 unspecified atom stereocenters. The summed E-state index contributed by atoms with van der Waals surface area (Å²) in [7, 11) is 0. The molecule has 2 aliphatic heterocycles. The molecule has 8 heteroatoms. The van der Waals surface area contributed by atoms with Crippen LogP contribution in [-0.4, -0.2) is 76.0 Å². The molecule has 1 aromatic rings. The molecule has 0 aromatic heterocycles. The van der Waals surface area contributed by atoms with Crippen molar-refractivity contribution in [3.63, 3.8) is 0 Å². The summed E-state index contributed by atoms with van der Waals surface area (Å²) in [4.78, 5) is 41.9. The summed E-state index contributed by atoms with van der Waals surface area (Å²) in [5.41, 5.74) is 0.986. The summed E-state index contributed by atoms with van der Waals surface area (Å²) >= 11 is 2.32. The molecule has 0 N–H and O–H groups in total. The van der Waals surface area contributed by atoms with Gasteiger partial charge in [-0.25, -0.2) is 4.79 Å². The highest BCUT2D eigenvalue weighted by Gasteiger charge is 2.35. The van der Waals surface area contributed by atoms with Crippen molar-refractivity contribution >= 4 is 40.5 Å². The fourth-order valence-electron chi connectivity index (χ4n) is 3.28. The third kappa shape index (κ3) is 3.85. The Morgan fingerprint density at radius 2 is 1.81 bits per heavy atom. The monoisotopic (exact) mass is 471 g/mol. The lowest BCUT2D eigenvalue weighted by Crippen LogP contribution is -2.52. The summed E-state index contributed by atoms with van der Waals surface area (Å²) in [6.45, 7) is 5.37. The molecule has 1 fully saturated rings. The number of imide groups is 1. The number of hydrogen-bond acceptors (Lipinski definition) is 5. The van der Waals surface area contributed by atoms with E-state index in [0.29, 0.717) is 43.8 Å². The lowest BCUT2D eigenvalue weighted by Gasteiger charge is -2.38. The molecule has 7 nitrogen and oxygen atoms in total. The number of rotatable bonds is 5. The maximum absolute atomic E-state index is 12.4. The first-order valence-electron chi connectivity index (χ1n) is 8.78. The van der Waals surface area contributed by atoms with Crippen LogP contribution in [0.3, 0.4) is 0 Å². The van der Waals surface area contributed by atoms with Gasteiger partial charge in [0.1, 0.15) is 0 Å². The van der Waals surface area contributed by atoms with Crippen LogP contribution in [0.2, 0.25) is 0 Å². The molecule has 1 saturated heterocycles. The summed E-state index contributed by atoms with van der Waals surface area (Å²) < 4.78 is 5.24. The van der Waals surface area contributed by atoms with Crippen LogP contribution in [0.15, 0.2) is 24.3 Å². The van der Waals surface area contributed by atoms with Gasteiger partial charge < -0.3 is 9.64 Å². The fourth-order valence-corrected chi connectivity index (χ4v) is 4.32. The second-order valence-electron chi connectivity index (χ2n) is 6.28. The van der Waals surface area contributed by atoms with Crippen molar-refractivity contribution in [3.05, 3.63) is 35.4 Å². The maximum atomic E-state index is 12.4. The van der Waals surface area contributed by atoms with Gasteiger partial charge in [0, 0.05) is 32.7 Å². The third-order valence-electron chi connectivity index (χ3n) is 4.66. The Morgan fingerprint density at radius 3 is 2.38 bits per heavy atom. The predicted molar refractivity (Wildman–Crippen MR) is 104 cm³/mol. The van der Waals surface area contributed by atoms with E-state index in [1.807, 2.05) is 0 Å². The number of carbonyl (C=O) groups is 3. The molecule has 2 heterocycles. The normalized spacial score (nSPS) is 20.5. The number of piperazine rings is 1. The summed E-state index contributed by atoms with van der Waals surface area (Å²) in [5.74, 6) is -0.410. The average Bonchev–Trinajstić information content (AvgIpc) is 2.88. The van der Waals surface area contributed by atoms with Crippen LogP contribution < -0.4 is 0 Å². The van der Waals surface area contributed by atoms with E-state index in [-0.39, 0.29) is 22.0 Å². The van der Waals surface area contributed by atoms with Gasteiger partial charge in [0.2, 0.25) is 0 Å². The molecule has 1 aromatic carbocycles. The van der Waals surface area contributed by atoms with Gasteiger partial charge in [-0.15, -0.1) is 0 Å². The van der Waals surface area contributed by atoms with Gasteiger partial charge in [0.15, 0.2) is 0 Å². The Labute approximate surface area is 166 Å². The highest BCUT2D eigenvalue weighted by molar-refractivity contribution is 14.1. The number of ether oxygens (including phenoxy) is 1. The number of halogens is 1. The minimum absolute atomic E-state index is 0.188. The lowest BCUT2D eigenvalue weighted by molar-refractivity contribution is 0.0620. The van der Waals surface area contributed by atoms with Crippen molar-refractivity contribution in [2.24, 2.45) is 0 Å². The quantitative estimate of drug-likeness (QED) is 0.285. The van der Waals surface area contributed by atoms with Crippen molar-refractivity contribution in [1.29, 1.82) is 0 Å². The SMILES string of the molecule is CCOC(=O)N1CCN(CCCN2C(=O)c3ccccc3C2=O)C(I)C1. The molecular weight excluding hydrogens is 449 g/mol. The number of hydrogen-bond donors (Lipinski definition) is 0. The van der Waals surface area contributed by atoms with Crippen LogP contribution in [0.1, 0.15) is 34.1 Å². The molecule has 1 atom stereocenters. The minimum Gasteiger partial charge on any atom is -0.450 e. The molecule has 0 bridgehead atoms. The smallest absolute Gasteiger partial charge is 0.409 e. The molecule has 0 saturated carbocycles. The summed E-state index contributed by atoms with van der Waals surface area (Å²) in [5, 5.41) is 0. The topological polar surface area (TPSA) is 70.2 Å². The highest BCUT2D eigenvalue weighted by atomic mass is 127. The first kappa shape index (κ1) is 19.1. The van der Waals surface area contributed by atoms with E-state index < -0.39 is 0 Å². The van der Waals surface area contributed by atoms with E-state index in [0.717, 1.165) is 13.1 Å². The summed E-state index contributed by atoms with van der Waals surface area (Å²) in [6, 6.07) is 6.95.